The zero-order valence-corrected chi connectivity index (χ0v) is 14.0. The van der Waals surface area contributed by atoms with E-state index in [1.165, 1.54) is 0 Å². The van der Waals surface area contributed by atoms with Crippen molar-refractivity contribution in [1.29, 1.82) is 0 Å². The molecule has 23 heavy (non-hydrogen) atoms. The van der Waals surface area contributed by atoms with Crippen molar-refractivity contribution in [3.8, 4) is 0 Å². The van der Waals surface area contributed by atoms with Crippen molar-refractivity contribution in [2.24, 2.45) is 14.1 Å². The van der Waals surface area contributed by atoms with Crippen LogP contribution in [-0.2, 0) is 20.6 Å². The first kappa shape index (κ1) is 15.3. The van der Waals surface area contributed by atoms with Crippen LogP contribution in [0.2, 0.25) is 0 Å². The Morgan fingerprint density at radius 2 is 1.96 bits per heavy atom. The second-order valence-electron chi connectivity index (χ2n) is 6.22. The van der Waals surface area contributed by atoms with Crippen LogP contribution in [0.1, 0.15) is 29.8 Å². The number of carbonyl (C=O) groups is 1. The molecule has 0 N–H and O–H groups in total. The summed E-state index contributed by atoms with van der Waals surface area (Å²) in [4.78, 5) is 15.0. The van der Waals surface area contributed by atoms with Gasteiger partial charge >= 0.3 is 0 Å². The first-order valence-corrected chi connectivity index (χ1v) is 7.80. The first-order chi connectivity index (χ1) is 11.0. The summed E-state index contributed by atoms with van der Waals surface area (Å²) in [5.41, 5.74) is 2.86. The molecule has 0 aliphatic heterocycles. The molecule has 2 heterocycles. The van der Waals surface area contributed by atoms with Crippen molar-refractivity contribution < 1.29 is 4.79 Å². The molecule has 5 heteroatoms. The quantitative estimate of drug-likeness (QED) is 0.743. The highest BCUT2D eigenvalue weighted by atomic mass is 16.2. The molecule has 0 bridgehead atoms. The molecule has 5 nitrogen and oxygen atoms in total. The van der Waals surface area contributed by atoms with Crippen molar-refractivity contribution >= 4 is 16.8 Å². The van der Waals surface area contributed by atoms with Gasteiger partial charge in [0, 0.05) is 55.5 Å². The van der Waals surface area contributed by atoms with E-state index >= 15 is 0 Å². The second-order valence-corrected chi connectivity index (χ2v) is 6.22. The van der Waals surface area contributed by atoms with Gasteiger partial charge in [0.15, 0.2) is 0 Å². The lowest BCUT2D eigenvalue weighted by Crippen LogP contribution is -2.36. The number of aromatic nitrogens is 3. The Balaban J connectivity index is 1.97. The molecule has 120 valence electrons. The summed E-state index contributed by atoms with van der Waals surface area (Å²) in [7, 11) is 3.86. The highest BCUT2D eigenvalue weighted by Gasteiger charge is 2.23. The number of nitrogens with zero attached hydrogens (tertiary/aromatic N) is 4. The van der Waals surface area contributed by atoms with Gasteiger partial charge in [-0.15, -0.1) is 0 Å². The molecular weight excluding hydrogens is 288 g/mol. The average molecular weight is 310 g/mol. The number of hydrogen-bond acceptors (Lipinski definition) is 2. The summed E-state index contributed by atoms with van der Waals surface area (Å²) in [5.74, 6) is 0.0562. The zero-order chi connectivity index (χ0) is 16.6. The topological polar surface area (TPSA) is 43.1 Å². The van der Waals surface area contributed by atoms with Crippen LogP contribution in [-0.4, -0.2) is 31.2 Å². The van der Waals surface area contributed by atoms with E-state index in [9.17, 15) is 4.79 Å². The Bertz CT molecular complexity index is 844. The minimum Gasteiger partial charge on any atom is -0.350 e. The first-order valence-electron chi connectivity index (χ1n) is 7.80. The van der Waals surface area contributed by atoms with Gasteiger partial charge in [-0.2, -0.15) is 5.10 Å². The molecule has 0 unspecified atom stereocenters. The third-order valence-electron chi connectivity index (χ3n) is 4.12. The number of amides is 1. The number of carbonyl (C=O) groups excluding carboxylic acids is 1. The Morgan fingerprint density at radius 1 is 1.22 bits per heavy atom. The summed E-state index contributed by atoms with van der Waals surface area (Å²) >= 11 is 0. The summed E-state index contributed by atoms with van der Waals surface area (Å²) in [6.07, 6.45) is 5.68. The van der Waals surface area contributed by atoms with Gasteiger partial charge in [0.2, 0.25) is 0 Å². The van der Waals surface area contributed by atoms with E-state index in [-0.39, 0.29) is 11.9 Å². The maximum Gasteiger partial charge on any atom is 0.256 e. The maximum atomic E-state index is 13.1. The van der Waals surface area contributed by atoms with Crippen LogP contribution in [0.3, 0.4) is 0 Å². The fourth-order valence-electron chi connectivity index (χ4n) is 2.91. The van der Waals surface area contributed by atoms with Gasteiger partial charge in [0.25, 0.3) is 5.91 Å². The molecule has 1 aromatic carbocycles. The standard InChI is InChI=1S/C18H22N4O/c1-13(2)22(11-14-9-19-21(4)10-14)18(23)16-12-20(3)17-8-6-5-7-15(16)17/h5-10,12-13H,11H2,1-4H3. The molecule has 0 saturated carbocycles. The Morgan fingerprint density at radius 3 is 2.61 bits per heavy atom. The Labute approximate surface area is 136 Å². The fraction of sp³-hybridized carbons (Fsp3) is 0.333. The maximum absolute atomic E-state index is 13.1. The highest BCUT2D eigenvalue weighted by molar-refractivity contribution is 6.07. The van der Waals surface area contributed by atoms with Gasteiger partial charge < -0.3 is 9.47 Å². The molecule has 0 radical (unpaired) electrons. The number of aryl methyl sites for hydroxylation is 2. The van der Waals surface area contributed by atoms with E-state index in [1.54, 1.807) is 4.68 Å². The van der Waals surface area contributed by atoms with Gasteiger partial charge in [-0.25, -0.2) is 0 Å². The lowest BCUT2D eigenvalue weighted by molar-refractivity contribution is 0.0692. The minimum absolute atomic E-state index is 0.0562. The SMILES string of the molecule is CC(C)N(Cc1cnn(C)c1)C(=O)c1cn(C)c2ccccc12. The number of rotatable bonds is 4. The molecule has 0 fully saturated rings. The molecule has 3 aromatic rings. The molecule has 0 aliphatic rings. The van der Waals surface area contributed by atoms with E-state index in [0.29, 0.717) is 6.54 Å². The van der Waals surface area contributed by atoms with Crippen molar-refractivity contribution in [3.63, 3.8) is 0 Å². The van der Waals surface area contributed by atoms with Crippen LogP contribution in [0.25, 0.3) is 10.9 Å². The Kier molecular flexibility index (Phi) is 3.94. The van der Waals surface area contributed by atoms with Crippen molar-refractivity contribution in [3.05, 3.63) is 54.0 Å². The van der Waals surface area contributed by atoms with Crippen LogP contribution in [0, 0.1) is 0 Å². The lowest BCUT2D eigenvalue weighted by Gasteiger charge is -2.26. The third-order valence-corrected chi connectivity index (χ3v) is 4.12. The highest BCUT2D eigenvalue weighted by Crippen LogP contribution is 2.23. The molecular formula is C18H22N4O. The second kappa shape index (κ2) is 5.91. The normalized spacial score (nSPS) is 11.3. The van der Waals surface area contributed by atoms with Crippen LogP contribution in [0.5, 0.6) is 0 Å². The van der Waals surface area contributed by atoms with Crippen molar-refractivity contribution in [2.75, 3.05) is 0 Å². The van der Waals surface area contributed by atoms with Gasteiger partial charge in [0.1, 0.15) is 0 Å². The summed E-state index contributed by atoms with van der Waals surface area (Å²) < 4.78 is 3.77. The van der Waals surface area contributed by atoms with Crippen molar-refractivity contribution in [1.82, 2.24) is 19.2 Å². The van der Waals surface area contributed by atoms with Crippen LogP contribution in [0.4, 0.5) is 0 Å². The van der Waals surface area contributed by atoms with Crippen LogP contribution < -0.4 is 0 Å². The predicted octanol–water partition coefficient (Wildman–Crippen LogP) is 2.96. The minimum atomic E-state index is 0.0562. The van der Waals surface area contributed by atoms with Gasteiger partial charge in [-0.1, -0.05) is 18.2 Å². The molecule has 1 amide bonds. The zero-order valence-electron chi connectivity index (χ0n) is 14.0. The molecule has 0 atom stereocenters. The summed E-state index contributed by atoms with van der Waals surface area (Å²) in [5, 5.41) is 5.19. The van der Waals surface area contributed by atoms with Gasteiger partial charge in [-0.05, 0) is 19.9 Å². The van der Waals surface area contributed by atoms with Crippen LogP contribution in [0.15, 0.2) is 42.9 Å². The lowest BCUT2D eigenvalue weighted by atomic mass is 10.1. The molecule has 0 spiro atoms. The largest absolute Gasteiger partial charge is 0.350 e. The monoisotopic (exact) mass is 310 g/mol. The summed E-state index contributed by atoms with van der Waals surface area (Å²) in [6.45, 7) is 4.65. The van der Waals surface area contributed by atoms with E-state index in [4.69, 9.17) is 0 Å². The van der Waals surface area contributed by atoms with Crippen molar-refractivity contribution in [2.45, 2.75) is 26.4 Å². The molecule has 0 saturated heterocycles. The molecule has 0 aliphatic carbocycles. The Hall–Kier alpha value is -2.56. The number of benzene rings is 1. The average Bonchev–Trinajstić information content (AvgIpc) is 3.08. The summed E-state index contributed by atoms with van der Waals surface area (Å²) in [6, 6.07) is 8.12. The molecule has 3 rings (SSSR count). The van der Waals surface area contributed by atoms with E-state index in [0.717, 1.165) is 22.0 Å². The van der Waals surface area contributed by atoms with Gasteiger partial charge in [-0.3, -0.25) is 9.48 Å². The number of fused-ring (bicyclic) bond motifs is 1. The fourth-order valence-corrected chi connectivity index (χ4v) is 2.91. The predicted molar refractivity (Wildman–Crippen MR) is 91.1 cm³/mol. The van der Waals surface area contributed by atoms with Gasteiger partial charge in [0.05, 0.1) is 11.8 Å². The van der Waals surface area contributed by atoms with E-state index in [1.807, 2.05) is 80.3 Å². The van der Waals surface area contributed by atoms with E-state index in [2.05, 4.69) is 5.10 Å². The number of hydrogen-bond donors (Lipinski definition) is 0. The number of para-hydroxylation sites is 1. The molecule has 2 aromatic heterocycles. The van der Waals surface area contributed by atoms with Crippen LogP contribution >= 0.6 is 0 Å². The van der Waals surface area contributed by atoms with E-state index < -0.39 is 0 Å². The third kappa shape index (κ3) is 2.86. The smallest absolute Gasteiger partial charge is 0.256 e.